The summed E-state index contributed by atoms with van der Waals surface area (Å²) in [6.07, 6.45) is 11.9. The second kappa shape index (κ2) is 22.6. The van der Waals surface area contributed by atoms with Crippen LogP contribution in [0, 0.1) is 17.8 Å². The second-order valence-electron chi connectivity index (χ2n) is 11.5. The molecule has 11 nitrogen and oxygen atoms in total. The number of aliphatic hydroxyl groups is 2. The minimum Gasteiger partial charge on any atom is -0.481 e. The lowest BCUT2D eigenvalue weighted by molar-refractivity contribution is -0.172. The Kier molecular flexibility index (Phi) is 19.7. The van der Waals surface area contributed by atoms with Gasteiger partial charge < -0.3 is 35.6 Å². The molecule has 256 valence electrons. The molecule has 0 aliphatic rings. The molecular weight excluding hydrogens is 594 g/mol. The van der Waals surface area contributed by atoms with Gasteiger partial charge in [-0.3, -0.25) is 9.59 Å². The van der Waals surface area contributed by atoms with Crippen LogP contribution in [0.15, 0.2) is 36.4 Å². The van der Waals surface area contributed by atoms with E-state index < -0.39 is 47.8 Å². The fraction of sp³-hybridized carbons (Fsp3) is 0.600. The molecular formula is C35H51NO10. The van der Waals surface area contributed by atoms with Gasteiger partial charge in [-0.25, -0.2) is 9.59 Å². The van der Waals surface area contributed by atoms with Gasteiger partial charge in [-0.1, -0.05) is 88.5 Å². The maximum absolute atomic E-state index is 13.3. The molecule has 1 aromatic rings. The molecule has 6 N–H and O–H groups in total. The number of ether oxygens (including phenoxy) is 1. The summed E-state index contributed by atoms with van der Waals surface area (Å²) in [6, 6.07) is 4.97. The number of carboxylic acids is 3. The molecule has 1 unspecified atom stereocenters. The molecule has 0 aliphatic carbocycles. The summed E-state index contributed by atoms with van der Waals surface area (Å²) in [5.74, 6) is -1.98. The highest BCUT2D eigenvalue weighted by molar-refractivity contribution is 5.94. The van der Waals surface area contributed by atoms with Crippen LogP contribution in [0.1, 0.15) is 103 Å². The predicted molar refractivity (Wildman–Crippen MR) is 173 cm³/mol. The zero-order valence-electron chi connectivity index (χ0n) is 27.1. The summed E-state index contributed by atoms with van der Waals surface area (Å²) in [6.45, 7) is 4.03. The first-order valence-corrected chi connectivity index (χ1v) is 16.1. The molecule has 0 saturated carbocycles. The van der Waals surface area contributed by atoms with Crippen LogP contribution in [0.5, 0.6) is 5.75 Å². The van der Waals surface area contributed by atoms with Gasteiger partial charge in [-0.15, -0.1) is 5.92 Å². The van der Waals surface area contributed by atoms with Gasteiger partial charge in [-0.05, 0) is 50.3 Å². The van der Waals surface area contributed by atoms with Gasteiger partial charge in [0, 0.05) is 6.42 Å². The number of carboxylic acid groups (broad SMARTS) is 3. The molecule has 0 heterocycles. The van der Waals surface area contributed by atoms with E-state index in [1.54, 1.807) is 31.2 Å². The second-order valence-corrected chi connectivity index (χ2v) is 11.5. The van der Waals surface area contributed by atoms with Crippen LogP contribution in [0.2, 0.25) is 0 Å². The van der Waals surface area contributed by atoms with Crippen molar-refractivity contribution in [2.24, 2.45) is 5.92 Å². The minimum absolute atomic E-state index is 0.162. The van der Waals surface area contributed by atoms with Crippen LogP contribution in [-0.2, 0) is 25.6 Å². The highest BCUT2D eigenvalue weighted by atomic mass is 16.5. The van der Waals surface area contributed by atoms with Gasteiger partial charge in [0.2, 0.25) is 5.91 Å². The first-order chi connectivity index (χ1) is 21.9. The van der Waals surface area contributed by atoms with Crippen molar-refractivity contribution in [2.45, 2.75) is 121 Å². The van der Waals surface area contributed by atoms with Gasteiger partial charge in [0.15, 0.2) is 5.60 Å². The Morgan fingerprint density at radius 2 is 1.54 bits per heavy atom. The Hall–Kier alpha value is -3.88. The van der Waals surface area contributed by atoms with Gasteiger partial charge in [0.25, 0.3) is 0 Å². The summed E-state index contributed by atoms with van der Waals surface area (Å²) in [5.41, 5.74) is -2.48. The first kappa shape index (κ1) is 40.1. The lowest BCUT2D eigenvalue weighted by Crippen LogP contribution is -2.55. The van der Waals surface area contributed by atoms with E-state index in [1.165, 1.54) is 25.3 Å². The molecule has 0 aromatic heterocycles. The quantitative estimate of drug-likeness (QED) is 0.0493. The minimum atomic E-state index is -3.01. The maximum Gasteiger partial charge on any atom is 0.337 e. The summed E-state index contributed by atoms with van der Waals surface area (Å²) in [5, 5.41) is 52.1. The number of hydrogen-bond acceptors (Lipinski definition) is 7. The molecule has 0 bridgehead atoms. The molecule has 0 aliphatic heterocycles. The summed E-state index contributed by atoms with van der Waals surface area (Å²) in [4.78, 5) is 48.8. The smallest absolute Gasteiger partial charge is 0.337 e. The third-order valence-corrected chi connectivity index (χ3v) is 7.68. The molecule has 0 radical (unpaired) electrons. The van der Waals surface area contributed by atoms with E-state index in [1.807, 2.05) is 0 Å². The Morgan fingerprint density at radius 1 is 0.935 bits per heavy atom. The van der Waals surface area contributed by atoms with Crippen molar-refractivity contribution in [1.82, 2.24) is 5.32 Å². The van der Waals surface area contributed by atoms with Crippen molar-refractivity contribution in [2.75, 3.05) is 6.61 Å². The molecule has 1 rings (SSSR count). The van der Waals surface area contributed by atoms with E-state index in [2.05, 4.69) is 24.1 Å². The molecule has 11 heteroatoms. The largest absolute Gasteiger partial charge is 0.481 e. The van der Waals surface area contributed by atoms with Crippen LogP contribution in [-0.4, -0.2) is 73.7 Å². The van der Waals surface area contributed by atoms with E-state index >= 15 is 0 Å². The van der Waals surface area contributed by atoms with Crippen LogP contribution in [0.4, 0.5) is 0 Å². The van der Waals surface area contributed by atoms with Crippen LogP contribution < -0.4 is 10.1 Å². The maximum atomic E-state index is 13.3. The summed E-state index contributed by atoms with van der Waals surface area (Å²) in [7, 11) is 0. The molecule has 0 saturated heterocycles. The number of aliphatic hydroxyl groups excluding tert-OH is 1. The molecule has 4 atom stereocenters. The molecule has 0 spiro atoms. The molecule has 46 heavy (non-hydrogen) atoms. The summed E-state index contributed by atoms with van der Waals surface area (Å²) < 4.78 is 5.44. The van der Waals surface area contributed by atoms with E-state index in [-0.39, 0.29) is 19.1 Å². The highest BCUT2D eigenvalue weighted by Crippen LogP contribution is 2.26. The Morgan fingerprint density at radius 3 is 2.09 bits per heavy atom. The van der Waals surface area contributed by atoms with Crippen LogP contribution in [0.25, 0.3) is 0 Å². The van der Waals surface area contributed by atoms with Crippen LogP contribution in [0.3, 0.4) is 0 Å². The van der Waals surface area contributed by atoms with Gasteiger partial charge in [-0.2, -0.15) is 0 Å². The predicted octanol–water partition coefficient (Wildman–Crippen LogP) is 4.73. The number of unbranched alkanes of at least 4 members (excludes halogenated alkanes) is 8. The van der Waals surface area contributed by atoms with Crippen molar-refractivity contribution < 1.29 is 49.4 Å². The number of nitrogens with one attached hydrogen (secondary N) is 1. The number of carbonyl (C=O) groups is 4. The normalized spacial score (nSPS) is 14.3. The topological polar surface area (TPSA) is 191 Å². The van der Waals surface area contributed by atoms with Crippen molar-refractivity contribution in [3.63, 3.8) is 0 Å². The number of hydrogen-bond donors (Lipinski definition) is 6. The first-order valence-electron chi connectivity index (χ1n) is 16.1. The Bertz CT molecular complexity index is 1170. The summed E-state index contributed by atoms with van der Waals surface area (Å²) >= 11 is 0. The third-order valence-electron chi connectivity index (χ3n) is 7.68. The number of amides is 1. The molecule has 0 fully saturated rings. The average Bonchev–Trinajstić information content (AvgIpc) is 3.00. The number of benzene rings is 1. The van der Waals surface area contributed by atoms with Crippen molar-refractivity contribution >= 4 is 23.8 Å². The number of allylic oxidation sites excluding steroid dienone is 1. The lowest BCUT2D eigenvalue weighted by Gasteiger charge is -2.29. The monoisotopic (exact) mass is 645 g/mol. The fourth-order valence-corrected chi connectivity index (χ4v) is 4.98. The van der Waals surface area contributed by atoms with Gasteiger partial charge in [0.1, 0.15) is 18.4 Å². The number of carbonyl (C=O) groups excluding carboxylic acids is 1. The van der Waals surface area contributed by atoms with Crippen molar-refractivity contribution in [1.29, 1.82) is 0 Å². The zero-order valence-corrected chi connectivity index (χ0v) is 27.1. The van der Waals surface area contributed by atoms with E-state index in [0.717, 1.165) is 51.0 Å². The Balaban J connectivity index is 2.82. The van der Waals surface area contributed by atoms with E-state index in [4.69, 9.17) is 4.74 Å². The van der Waals surface area contributed by atoms with Gasteiger partial charge >= 0.3 is 17.9 Å². The van der Waals surface area contributed by atoms with Crippen LogP contribution >= 0.6 is 0 Å². The van der Waals surface area contributed by atoms with E-state index in [9.17, 15) is 44.7 Å². The number of rotatable bonds is 25. The fourth-order valence-electron chi connectivity index (χ4n) is 4.98. The molecule has 1 aromatic carbocycles. The van der Waals surface area contributed by atoms with E-state index in [0.29, 0.717) is 24.2 Å². The highest BCUT2D eigenvalue weighted by Gasteiger charge is 2.49. The Labute approximate surface area is 272 Å². The third kappa shape index (κ3) is 15.9. The van der Waals surface area contributed by atoms with Gasteiger partial charge in [0.05, 0.1) is 18.4 Å². The molecule has 1 amide bonds. The SMILES string of the molecule is CC#CCOc1ccc(C[C@H](NC(=O)C(/C=C/CCCCCC[C@@H](O)CCCCCCC)[C@@](O)(CC(=O)O)C(=O)O)C(=O)O)cc1. The standard InChI is InChI=1S/C35H51NO10/c1-3-5-7-10-13-16-27(37)17-14-11-8-9-12-15-18-29(35(45,34(43)44)25-31(38)39)32(40)36-30(33(41)42)24-26-19-21-28(22-20-26)46-23-6-4-2/h15,18-22,27,29-30,37,45H,3,5,7-14,16-17,23-25H2,1-2H3,(H,36,40)(H,38,39)(H,41,42)(H,43,44)/b18-15+/t27-,29?,30-,35-/m0/s1. The zero-order chi connectivity index (χ0) is 34.4. The number of aliphatic carboxylic acids is 3. The average molecular weight is 646 g/mol. The lowest BCUT2D eigenvalue weighted by atomic mass is 9.82. The van der Waals surface area contributed by atoms with Crippen molar-refractivity contribution in [3.8, 4) is 17.6 Å². The van der Waals surface area contributed by atoms with Crippen molar-refractivity contribution in [3.05, 3.63) is 42.0 Å².